The van der Waals surface area contributed by atoms with Crippen LogP contribution in [0.5, 0.6) is 0 Å². The number of hydrogen-bond acceptors (Lipinski definition) is 2. The summed E-state index contributed by atoms with van der Waals surface area (Å²) in [5.41, 5.74) is 4.05. The smallest absolute Gasteiger partial charge is 0.691 e. The third-order valence-electron chi connectivity index (χ3n) is 3.14. The fourth-order valence-corrected chi connectivity index (χ4v) is 1.31. The summed E-state index contributed by atoms with van der Waals surface area (Å²) in [5, 5.41) is 15.9. The number of hydrogen-bond donors (Lipinski definition) is 0. The molecule has 0 aromatic heterocycles. The standard InChI is InChI=1S/2C7H13N2.2C4H10N.Zr/c2*1-6(8-3)5-7(2)9-4;2*1-3-5-4-2;/h2*5H,1-4H3;2*3-4H2,1-2H3;/q4*-1;+4/b2*6-5-,9-7?;;;. The SMILES string of the molecule is CC[N-]CC.CC[N-]CC.CN=C(C)/C=C(/C)[N-]C.CN=C(C)/C=C(/C)[N-]C.[Zr+4]. The van der Waals surface area contributed by atoms with Crippen LogP contribution in [-0.2, 0) is 26.2 Å². The average Bonchev–Trinajstić information content (AvgIpc) is 2.70. The molecule has 0 fully saturated rings. The van der Waals surface area contributed by atoms with E-state index in [1.807, 2.05) is 67.5 Å². The Balaban J connectivity index is -0.0000000907. The van der Waals surface area contributed by atoms with E-state index in [1.165, 1.54) is 0 Å². The van der Waals surface area contributed by atoms with Crippen LogP contribution in [0.4, 0.5) is 0 Å². The van der Waals surface area contributed by atoms with Gasteiger partial charge in [0, 0.05) is 25.5 Å². The maximum atomic E-state index is 3.97. The minimum absolute atomic E-state index is 0. The summed E-state index contributed by atoms with van der Waals surface area (Å²) < 4.78 is 0. The van der Waals surface area contributed by atoms with Crippen molar-refractivity contribution in [2.24, 2.45) is 9.98 Å². The van der Waals surface area contributed by atoms with Crippen molar-refractivity contribution in [1.82, 2.24) is 0 Å². The molecule has 0 aromatic rings. The van der Waals surface area contributed by atoms with Crippen LogP contribution in [0.2, 0.25) is 0 Å². The first-order valence-corrected chi connectivity index (χ1v) is 9.93. The fourth-order valence-electron chi connectivity index (χ4n) is 1.31. The molecule has 0 N–H and O–H groups in total. The molecule has 0 rings (SSSR count). The molecule has 0 radical (unpaired) electrons. The first kappa shape index (κ1) is 38.8. The van der Waals surface area contributed by atoms with E-state index in [-0.39, 0.29) is 26.2 Å². The number of nitrogens with zero attached hydrogens (tertiary/aromatic N) is 6. The molecule has 29 heavy (non-hydrogen) atoms. The van der Waals surface area contributed by atoms with Crippen molar-refractivity contribution in [1.29, 1.82) is 0 Å². The van der Waals surface area contributed by atoms with E-state index in [1.54, 1.807) is 28.2 Å². The maximum absolute atomic E-state index is 3.97. The van der Waals surface area contributed by atoms with Crippen LogP contribution in [0.1, 0.15) is 55.4 Å². The Labute approximate surface area is 201 Å². The van der Waals surface area contributed by atoms with E-state index in [0.717, 1.165) is 49.0 Å². The van der Waals surface area contributed by atoms with Gasteiger partial charge in [0.25, 0.3) is 0 Å². The summed E-state index contributed by atoms with van der Waals surface area (Å²) in [6.45, 7) is 19.9. The second kappa shape index (κ2) is 34.7. The Kier molecular flexibility index (Phi) is 46.4. The van der Waals surface area contributed by atoms with Gasteiger partial charge < -0.3 is 21.3 Å². The largest absolute Gasteiger partial charge is 4.00 e. The zero-order chi connectivity index (χ0) is 22.8. The van der Waals surface area contributed by atoms with E-state index in [2.05, 4.69) is 31.3 Å². The summed E-state index contributed by atoms with van der Waals surface area (Å²) in [4.78, 5) is 7.91. The number of allylic oxidation sites excluding steroid dienone is 4. The van der Waals surface area contributed by atoms with Crippen molar-refractivity contribution in [3.05, 3.63) is 44.8 Å². The summed E-state index contributed by atoms with van der Waals surface area (Å²) in [5.74, 6) is 0. The molecule has 0 aliphatic carbocycles. The summed E-state index contributed by atoms with van der Waals surface area (Å²) in [6, 6.07) is 0. The molecule has 0 atom stereocenters. The maximum Gasteiger partial charge on any atom is 4.00 e. The summed E-state index contributed by atoms with van der Waals surface area (Å²) in [7, 11) is 7.09. The number of rotatable bonds is 8. The third kappa shape index (κ3) is 46.9. The average molecular weight is 486 g/mol. The van der Waals surface area contributed by atoms with E-state index in [0.29, 0.717) is 0 Å². The van der Waals surface area contributed by atoms with Crippen LogP contribution in [0.25, 0.3) is 21.3 Å². The van der Waals surface area contributed by atoms with Gasteiger partial charge >= 0.3 is 26.2 Å². The minimum atomic E-state index is 0. The van der Waals surface area contributed by atoms with Crippen LogP contribution in [0.3, 0.4) is 0 Å². The van der Waals surface area contributed by atoms with Gasteiger partial charge in [0.1, 0.15) is 0 Å². The summed E-state index contributed by atoms with van der Waals surface area (Å²) in [6.07, 6.45) is 3.89. The third-order valence-corrected chi connectivity index (χ3v) is 3.14. The van der Waals surface area contributed by atoms with E-state index < -0.39 is 0 Å². The molecule has 0 bridgehead atoms. The molecule has 0 amide bonds. The van der Waals surface area contributed by atoms with Gasteiger partial charge in [-0.1, -0.05) is 53.7 Å². The predicted octanol–water partition coefficient (Wildman–Crippen LogP) is 6.77. The zero-order valence-electron chi connectivity index (χ0n) is 21.2. The molecule has 0 aliphatic rings. The molecule has 0 spiro atoms. The van der Waals surface area contributed by atoms with Gasteiger partial charge in [-0.2, -0.15) is 37.6 Å². The minimum Gasteiger partial charge on any atom is -0.691 e. The molecule has 6 nitrogen and oxygen atoms in total. The second-order valence-corrected chi connectivity index (χ2v) is 5.46. The Bertz CT molecular complexity index is 385. The molecule has 0 unspecified atom stereocenters. The van der Waals surface area contributed by atoms with Gasteiger partial charge in [0.05, 0.1) is 0 Å². The Morgan fingerprint density at radius 2 is 0.862 bits per heavy atom. The topological polar surface area (TPSA) is 81.1 Å². The van der Waals surface area contributed by atoms with Crippen molar-refractivity contribution in [3.8, 4) is 0 Å². The molecule has 0 aliphatic heterocycles. The Hall–Kier alpha value is -0.777. The van der Waals surface area contributed by atoms with E-state index in [4.69, 9.17) is 0 Å². The fraction of sp³-hybridized carbons (Fsp3) is 0.727. The van der Waals surface area contributed by atoms with Crippen LogP contribution in [0.15, 0.2) is 33.5 Å². The number of aliphatic imine (C=N–C) groups is 2. The van der Waals surface area contributed by atoms with Gasteiger partial charge in [0.15, 0.2) is 0 Å². The Morgan fingerprint density at radius 1 is 0.621 bits per heavy atom. The normalized spacial score (nSPS) is 11.4. The summed E-state index contributed by atoms with van der Waals surface area (Å²) >= 11 is 0. The van der Waals surface area contributed by atoms with Gasteiger partial charge in [-0.3, -0.25) is 9.98 Å². The van der Waals surface area contributed by atoms with Crippen LogP contribution < -0.4 is 0 Å². The molecular weight excluding hydrogens is 440 g/mol. The Morgan fingerprint density at radius 3 is 0.966 bits per heavy atom. The molecule has 0 saturated carbocycles. The van der Waals surface area contributed by atoms with Crippen molar-refractivity contribution in [2.75, 3.05) is 54.4 Å². The molecule has 0 saturated heterocycles. The van der Waals surface area contributed by atoms with Crippen LogP contribution in [0, 0.1) is 0 Å². The van der Waals surface area contributed by atoms with Gasteiger partial charge in [0.2, 0.25) is 0 Å². The molecule has 0 aromatic carbocycles. The van der Waals surface area contributed by atoms with E-state index >= 15 is 0 Å². The van der Waals surface area contributed by atoms with E-state index in [9.17, 15) is 0 Å². The monoisotopic (exact) mass is 484 g/mol. The zero-order valence-corrected chi connectivity index (χ0v) is 23.6. The van der Waals surface area contributed by atoms with Gasteiger partial charge in [-0.05, 0) is 13.8 Å². The molecule has 168 valence electrons. The first-order chi connectivity index (χ1) is 13.2. The van der Waals surface area contributed by atoms with Crippen molar-refractivity contribution in [2.45, 2.75) is 55.4 Å². The van der Waals surface area contributed by atoms with Gasteiger partial charge in [-0.15, -0.1) is 14.1 Å². The predicted molar refractivity (Wildman–Crippen MR) is 133 cm³/mol. The van der Waals surface area contributed by atoms with Crippen molar-refractivity contribution >= 4 is 11.4 Å². The second-order valence-electron chi connectivity index (χ2n) is 5.46. The first-order valence-electron chi connectivity index (χ1n) is 9.93. The molecular formula is C22H46N6Zr. The molecule has 7 heteroatoms. The van der Waals surface area contributed by atoms with Crippen molar-refractivity contribution < 1.29 is 26.2 Å². The van der Waals surface area contributed by atoms with Crippen LogP contribution >= 0.6 is 0 Å². The quantitative estimate of drug-likeness (QED) is 0.340. The van der Waals surface area contributed by atoms with Crippen LogP contribution in [-0.4, -0.2) is 65.8 Å². The molecule has 0 heterocycles. The van der Waals surface area contributed by atoms with Crippen molar-refractivity contribution in [3.63, 3.8) is 0 Å². The van der Waals surface area contributed by atoms with Gasteiger partial charge in [-0.25, -0.2) is 0 Å².